The quantitative estimate of drug-likeness (QED) is 0.156. The fourth-order valence-corrected chi connectivity index (χ4v) is 10.5. The number of rotatable bonds is 7. The van der Waals surface area contributed by atoms with Crippen molar-refractivity contribution in [2.24, 2.45) is 0 Å². The highest BCUT2D eigenvalue weighted by molar-refractivity contribution is 7.26. The number of anilines is 3. The van der Waals surface area contributed by atoms with Crippen LogP contribution in [0.1, 0.15) is 0 Å². The van der Waals surface area contributed by atoms with Gasteiger partial charge in [-0.2, -0.15) is 0 Å². The molecular formula is C58H38N2S. The van der Waals surface area contributed by atoms with Crippen LogP contribution in [-0.2, 0) is 0 Å². The predicted octanol–water partition coefficient (Wildman–Crippen LogP) is 16.8. The molecule has 61 heavy (non-hydrogen) atoms. The summed E-state index contributed by atoms with van der Waals surface area (Å²) in [7, 11) is 0. The summed E-state index contributed by atoms with van der Waals surface area (Å²) in [4.78, 5) is 2.39. The minimum Gasteiger partial charge on any atom is -0.310 e. The van der Waals surface area contributed by atoms with Gasteiger partial charge in [0.15, 0.2) is 0 Å². The first-order valence-electron chi connectivity index (χ1n) is 20.8. The van der Waals surface area contributed by atoms with Crippen molar-refractivity contribution in [1.29, 1.82) is 0 Å². The Kier molecular flexibility index (Phi) is 8.39. The summed E-state index contributed by atoms with van der Waals surface area (Å²) in [5.74, 6) is 0. The summed E-state index contributed by atoms with van der Waals surface area (Å²) in [6, 6.07) is 84.0. The van der Waals surface area contributed by atoms with Crippen LogP contribution in [0.3, 0.4) is 0 Å². The molecule has 0 unspecified atom stereocenters. The van der Waals surface area contributed by atoms with E-state index in [1.165, 1.54) is 86.1 Å². The van der Waals surface area contributed by atoms with Crippen LogP contribution in [0.4, 0.5) is 17.1 Å². The van der Waals surface area contributed by atoms with Gasteiger partial charge in [-0.05, 0) is 105 Å². The number of hydrogen-bond acceptors (Lipinski definition) is 2. The van der Waals surface area contributed by atoms with Gasteiger partial charge < -0.3 is 9.47 Å². The molecule has 2 nitrogen and oxygen atoms in total. The van der Waals surface area contributed by atoms with Crippen LogP contribution in [0.25, 0.3) is 91.8 Å². The fraction of sp³-hybridized carbons (Fsp3) is 0. The lowest BCUT2D eigenvalue weighted by Crippen LogP contribution is -2.09. The molecule has 0 radical (unpaired) electrons. The third-order valence-corrected chi connectivity index (χ3v) is 13.4. The van der Waals surface area contributed by atoms with E-state index in [9.17, 15) is 0 Å². The van der Waals surface area contributed by atoms with Gasteiger partial charge in [0.05, 0.1) is 11.0 Å². The first-order chi connectivity index (χ1) is 30.2. The van der Waals surface area contributed by atoms with Crippen molar-refractivity contribution in [3.05, 3.63) is 231 Å². The molecule has 0 aliphatic carbocycles. The van der Waals surface area contributed by atoms with E-state index in [-0.39, 0.29) is 0 Å². The molecule has 286 valence electrons. The number of nitrogens with zero attached hydrogens (tertiary/aromatic N) is 2. The number of thiophene rings is 1. The van der Waals surface area contributed by atoms with Crippen LogP contribution < -0.4 is 4.90 Å². The van der Waals surface area contributed by atoms with Crippen molar-refractivity contribution in [2.75, 3.05) is 4.90 Å². The first kappa shape index (κ1) is 35.2. The molecule has 0 bridgehead atoms. The smallest absolute Gasteiger partial charge is 0.0541 e. The standard InChI is InChI=1S/C58H38N2S/c1-2-11-39(12-3-1)40-21-23-41(24-22-40)42-25-30-46(31-26-42)59(49-34-36-53-54-35-29-44-13-4-5-16-50(44)58(54)61-57(53)38-49)47-32-27-43(28-33-47)45-14-10-15-48(37-45)60-55-19-8-6-17-51(55)52-18-7-9-20-56(52)60/h1-38H. The van der Waals surface area contributed by atoms with E-state index in [1.54, 1.807) is 0 Å². The van der Waals surface area contributed by atoms with E-state index in [2.05, 4.69) is 240 Å². The number of para-hydroxylation sites is 2. The molecular weight excluding hydrogens is 757 g/mol. The monoisotopic (exact) mass is 794 g/mol. The second-order valence-electron chi connectivity index (χ2n) is 15.7. The van der Waals surface area contributed by atoms with Crippen LogP contribution in [0, 0.1) is 0 Å². The summed E-state index contributed by atoms with van der Waals surface area (Å²) in [6.45, 7) is 0. The molecule has 0 aliphatic heterocycles. The average Bonchev–Trinajstić information content (AvgIpc) is 3.88. The van der Waals surface area contributed by atoms with Crippen molar-refractivity contribution >= 4 is 81.1 Å². The van der Waals surface area contributed by atoms with Crippen molar-refractivity contribution in [1.82, 2.24) is 4.57 Å². The Morgan fingerprint density at radius 3 is 1.46 bits per heavy atom. The van der Waals surface area contributed by atoms with Crippen molar-refractivity contribution in [2.45, 2.75) is 0 Å². The Morgan fingerprint density at radius 1 is 0.311 bits per heavy atom. The largest absolute Gasteiger partial charge is 0.310 e. The van der Waals surface area contributed by atoms with Gasteiger partial charge in [0.25, 0.3) is 0 Å². The van der Waals surface area contributed by atoms with E-state index in [1.807, 2.05) is 11.3 Å². The van der Waals surface area contributed by atoms with Crippen LogP contribution in [0.15, 0.2) is 231 Å². The predicted molar refractivity (Wildman–Crippen MR) is 262 cm³/mol. The van der Waals surface area contributed by atoms with Crippen LogP contribution in [0.5, 0.6) is 0 Å². The molecule has 0 amide bonds. The molecule has 0 fully saturated rings. The third kappa shape index (κ3) is 6.09. The van der Waals surface area contributed by atoms with Gasteiger partial charge in [0.2, 0.25) is 0 Å². The average molecular weight is 795 g/mol. The Hall–Kier alpha value is -7.72. The highest BCUT2D eigenvalue weighted by Crippen LogP contribution is 2.43. The molecule has 0 N–H and O–H groups in total. The topological polar surface area (TPSA) is 8.17 Å². The summed E-state index contributed by atoms with van der Waals surface area (Å²) in [5, 5.41) is 7.73. The van der Waals surface area contributed by atoms with Gasteiger partial charge in [-0.15, -0.1) is 11.3 Å². The number of fused-ring (bicyclic) bond motifs is 8. The zero-order valence-corrected chi connectivity index (χ0v) is 34.1. The number of hydrogen-bond donors (Lipinski definition) is 0. The lowest BCUT2D eigenvalue weighted by molar-refractivity contribution is 1.18. The molecule has 0 saturated carbocycles. The van der Waals surface area contributed by atoms with Gasteiger partial charge in [-0.25, -0.2) is 0 Å². The lowest BCUT2D eigenvalue weighted by Gasteiger charge is -2.26. The van der Waals surface area contributed by atoms with E-state index >= 15 is 0 Å². The highest BCUT2D eigenvalue weighted by Gasteiger charge is 2.17. The molecule has 0 aliphatic rings. The lowest BCUT2D eigenvalue weighted by atomic mass is 10.00. The van der Waals surface area contributed by atoms with E-state index in [0.717, 1.165) is 22.7 Å². The Bertz CT molecular complexity index is 3510. The zero-order valence-electron chi connectivity index (χ0n) is 33.2. The van der Waals surface area contributed by atoms with Crippen LogP contribution in [-0.4, -0.2) is 4.57 Å². The van der Waals surface area contributed by atoms with Gasteiger partial charge in [0, 0.05) is 53.7 Å². The second-order valence-corrected chi connectivity index (χ2v) is 16.8. The minimum atomic E-state index is 1.10. The van der Waals surface area contributed by atoms with Crippen molar-refractivity contribution in [3.8, 4) is 39.1 Å². The van der Waals surface area contributed by atoms with Gasteiger partial charge in [-0.3, -0.25) is 0 Å². The van der Waals surface area contributed by atoms with Crippen LogP contribution >= 0.6 is 11.3 Å². The Balaban J connectivity index is 0.936. The molecule has 2 heterocycles. The molecule has 10 aromatic carbocycles. The molecule has 12 rings (SSSR count). The maximum Gasteiger partial charge on any atom is 0.0541 e. The van der Waals surface area contributed by atoms with Gasteiger partial charge in [0.1, 0.15) is 0 Å². The van der Waals surface area contributed by atoms with E-state index < -0.39 is 0 Å². The van der Waals surface area contributed by atoms with Crippen LogP contribution in [0.2, 0.25) is 0 Å². The molecule has 2 aromatic heterocycles. The maximum atomic E-state index is 2.39. The Morgan fingerprint density at radius 2 is 0.803 bits per heavy atom. The Labute approximate surface area is 358 Å². The molecule has 0 atom stereocenters. The molecule has 3 heteroatoms. The normalized spacial score (nSPS) is 11.6. The molecule has 12 aromatic rings. The van der Waals surface area contributed by atoms with Crippen molar-refractivity contribution in [3.63, 3.8) is 0 Å². The van der Waals surface area contributed by atoms with E-state index in [4.69, 9.17) is 0 Å². The van der Waals surface area contributed by atoms with Gasteiger partial charge >= 0.3 is 0 Å². The zero-order chi connectivity index (χ0) is 40.3. The third-order valence-electron chi connectivity index (χ3n) is 12.2. The summed E-state index contributed by atoms with van der Waals surface area (Å²) in [5.41, 5.74) is 14.1. The fourth-order valence-electron chi connectivity index (χ4n) is 9.20. The first-order valence-corrected chi connectivity index (χ1v) is 21.6. The molecule has 0 spiro atoms. The SMILES string of the molecule is c1ccc(-c2ccc(-c3ccc(N(c4ccc(-c5cccc(-n6c7ccccc7c7ccccc76)c5)cc4)c4ccc5c(c4)sc4c6ccccc6ccc54)cc3)cc2)cc1. The van der Waals surface area contributed by atoms with Crippen molar-refractivity contribution < 1.29 is 0 Å². The molecule has 0 saturated heterocycles. The van der Waals surface area contributed by atoms with E-state index in [0.29, 0.717) is 0 Å². The summed E-state index contributed by atoms with van der Waals surface area (Å²) < 4.78 is 5.01. The number of benzene rings is 10. The summed E-state index contributed by atoms with van der Waals surface area (Å²) in [6.07, 6.45) is 0. The van der Waals surface area contributed by atoms with Gasteiger partial charge in [-0.1, -0.05) is 170 Å². The summed E-state index contributed by atoms with van der Waals surface area (Å²) >= 11 is 1.88. The minimum absolute atomic E-state index is 1.10. The number of aromatic nitrogens is 1. The second kappa shape index (κ2) is 14.5. The highest BCUT2D eigenvalue weighted by atomic mass is 32.1. The maximum absolute atomic E-state index is 2.39.